The van der Waals surface area contributed by atoms with E-state index in [0.717, 1.165) is 5.56 Å². The number of carbonyl (C=O) groups is 1. The van der Waals surface area contributed by atoms with Crippen molar-refractivity contribution >= 4 is 44.1 Å². The highest BCUT2D eigenvalue weighted by atomic mass is 32.1. The second-order valence-corrected chi connectivity index (χ2v) is 5.97. The van der Waals surface area contributed by atoms with Gasteiger partial charge in [0, 0.05) is 24.4 Å². The Balaban J connectivity index is 1.67. The minimum Gasteiger partial charge on any atom is -0.398 e. The van der Waals surface area contributed by atoms with Gasteiger partial charge >= 0.3 is 6.03 Å². The van der Waals surface area contributed by atoms with E-state index in [1.807, 2.05) is 18.2 Å². The molecule has 0 aliphatic carbocycles. The number of para-hydroxylation sites is 1. The van der Waals surface area contributed by atoms with E-state index in [2.05, 4.69) is 15.6 Å². The standard InChI is InChI=1S/C15H13N5O3S/c16-11-4-2-1-3-9(11)8-17-14(21)19-15-18-12-6-5-10(20(22)23)7-13(12)24-15/h1-7H,8,16H2,(H2,17,18,19,21). The molecule has 0 spiro atoms. The number of nitro groups is 1. The van der Waals surface area contributed by atoms with Crippen molar-refractivity contribution in [2.45, 2.75) is 6.54 Å². The first-order chi connectivity index (χ1) is 11.5. The number of nitrogen functional groups attached to an aromatic ring is 1. The molecule has 1 aromatic heterocycles. The number of nitro benzene ring substituents is 1. The second kappa shape index (κ2) is 6.50. The van der Waals surface area contributed by atoms with Crippen LogP contribution in [0.4, 0.5) is 21.3 Å². The number of thiazole rings is 1. The van der Waals surface area contributed by atoms with Crippen molar-refractivity contribution in [2.24, 2.45) is 0 Å². The number of amides is 2. The fourth-order valence-corrected chi connectivity index (χ4v) is 2.99. The molecule has 0 aliphatic rings. The van der Waals surface area contributed by atoms with Crippen LogP contribution >= 0.6 is 11.3 Å². The molecular weight excluding hydrogens is 330 g/mol. The van der Waals surface area contributed by atoms with Gasteiger partial charge in [0.25, 0.3) is 5.69 Å². The predicted molar refractivity (Wildman–Crippen MR) is 93.0 cm³/mol. The SMILES string of the molecule is Nc1ccccc1CNC(=O)Nc1nc2ccc([N+](=O)[O-])cc2s1. The van der Waals surface area contributed by atoms with Gasteiger partial charge in [-0.2, -0.15) is 0 Å². The van der Waals surface area contributed by atoms with Crippen molar-refractivity contribution in [3.8, 4) is 0 Å². The molecule has 122 valence electrons. The summed E-state index contributed by atoms with van der Waals surface area (Å²) in [4.78, 5) is 26.5. The van der Waals surface area contributed by atoms with E-state index in [1.165, 1.54) is 23.5 Å². The van der Waals surface area contributed by atoms with E-state index in [-0.39, 0.29) is 12.2 Å². The van der Waals surface area contributed by atoms with Gasteiger partial charge in [-0.1, -0.05) is 29.5 Å². The number of nitrogens with zero attached hydrogens (tertiary/aromatic N) is 2. The van der Waals surface area contributed by atoms with Crippen LogP contribution in [0.1, 0.15) is 5.56 Å². The molecule has 2 amide bonds. The molecular formula is C15H13N5O3S. The minimum absolute atomic E-state index is 0.0123. The number of nitrogens with one attached hydrogen (secondary N) is 2. The van der Waals surface area contributed by atoms with Crippen LogP contribution in [0.5, 0.6) is 0 Å². The molecule has 1 heterocycles. The Bertz CT molecular complexity index is 924. The van der Waals surface area contributed by atoms with Crippen molar-refractivity contribution in [3.05, 3.63) is 58.1 Å². The van der Waals surface area contributed by atoms with Gasteiger partial charge in [0.1, 0.15) is 0 Å². The number of fused-ring (bicyclic) bond motifs is 1. The highest BCUT2D eigenvalue weighted by Crippen LogP contribution is 2.29. The maximum atomic E-state index is 11.9. The zero-order chi connectivity index (χ0) is 17.1. The number of hydrogen-bond acceptors (Lipinski definition) is 6. The lowest BCUT2D eigenvalue weighted by Gasteiger charge is -2.07. The van der Waals surface area contributed by atoms with Crippen LogP contribution in [-0.4, -0.2) is 15.9 Å². The van der Waals surface area contributed by atoms with Gasteiger partial charge in [0.2, 0.25) is 0 Å². The van der Waals surface area contributed by atoms with Crippen molar-refractivity contribution in [3.63, 3.8) is 0 Å². The van der Waals surface area contributed by atoms with E-state index in [0.29, 0.717) is 21.0 Å². The van der Waals surface area contributed by atoms with Crippen LogP contribution in [0.15, 0.2) is 42.5 Å². The predicted octanol–water partition coefficient (Wildman–Crippen LogP) is 3.11. The number of nitrogens with two attached hydrogens (primary N) is 1. The molecule has 0 saturated heterocycles. The van der Waals surface area contributed by atoms with Gasteiger partial charge in [-0.05, 0) is 17.7 Å². The number of hydrogen-bond donors (Lipinski definition) is 3. The van der Waals surface area contributed by atoms with E-state index >= 15 is 0 Å². The van der Waals surface area contributed by atoms with E-state index in [1.54, 1.807) is 12.1 Å². The lowest BCUT2D eigenvalue weighted by Crippen LogP contribution is -2.28. The molecule has 0 fully saturated rings. The molecule has 0 saturated carbocycles. The number of urea groups is 1. The van der Waals surface area contributed by atoms with Gasteiger partial charge in [-0.3, -0.25) is 15.4 Å². The van der Waals surface area contributed by atoms with Crippen LogP contribution in [0.3, 0.4) is 0 Å². The molecule has 0 unspecified atom stereocenters. The van der Waals surface area contributed by atoms with E-state index in [4.69, 9.17) is 5.73 Å². The van der Waals surface area contributed by atoms with Crippen LogP contribution < -0.4 is 16.4 Å². The molecule has 3 aromatic rings. The Morgan fingerprint density at radius 2 is 2.08 bits per heavy atom. The summed E-state index contributed by atoms with van der Waals surface area (Å²) in [5, 5.41) is 16.4. The molecule has 2 aromatic carbocycles. The highest BCUT2D eigenvalue weighted by Gasteiger charge is 2.12. The molecule has 4 N–H and O–H groups in total. The fraction of sp³-hybridized carbons (Fsp3) is 0.0667. The summed E-state index contributed by atoms with van der Waals surface area (Å²) in [5.74, 6) is 0. The van der Waals surface area contributed by atoms with Crippen LogP contribution in [0, 0.1) is 10.1 Å². The molecule has 8 nitrogen and oxygen atoms in total. The molecule has 0 atom stereocenters. The number of aromatic nitrogens is 1. The maximum Gasteiger partial charge on any atom is 0.321 e. The van der Waals surface area contributed by atoms with Crippen molar-refractivity contribution < 1.29 is 9.72 Å². The summed E-state index contributed by atoms with van der Waals surface area (Å²) in [5.41, 5.74) is 7.80. The Kier molecular flexibility index (Phi) is 4.25. The lowest BCUT2D eigenvalue weighted by molar-refractivity contribution is -0.384. The molecule has 3 rings (SSSR count). The van der Waals surface area contributed by atoms with Gasteiger partial charge < -0.3 is 11.1 Å². The number of non-ortho nitro benzene ring substituents is 1. The fourth-order valence-electron chi connectivity index (χ4n) is 2.09. The summed E-state index contributed by atoms with van der Waals surface area (Å²) in [6, 6.07) is 11.2. The number of carbonyl (C=O) groups excluding carboxylic acids is 1. The van der Waals surface area contributed by atoms with Crippen molar-refractivity contribution in [2.75, 3.05) is 11.1 Å². The first-order valence-electron chi connectivity index (χ1n) is 6.96. The minimum atomic E-state index is -0.469. The monoisotopic (exact) mass is 343 g/mol. The van der Waals surface area contributed by atoms with Gasteiger partial charge in [-0.15, -0.1) is 0 Å². The molecule has 9 heteroatoms. The highest BCUT2D eigenvalue weighted by molar-refractivity contribution is 7.22. The third kappa shape index (κ3) is 3.41. The topological polar surface area (TPSA) is 123 Å². The van der Waals surface area contributed by atoms with E-state index in [9.17, 15) is 14.9 Å². The normalized spacial score (nSPS) is 10.5. The molecule has 24 heavy (non-hydrogen) atoms. The van der Waals surface area contributed by atoms with E-state index < -0.39 is 11.0 Å². The van der Waals surface area contributed by atoms with Crippen molar-refractivity contribution in [1.82, 2.24) is 10.3 Å². The summed E-state index contributed by atoms with van der Waals surface area (Å²) >= 11 is 1.17. The summed E-state index contributed by atoms with van der Waals surface area (Å²) in [7, 11) is 0. The van der Waals surface area contributed by atoms with Crippen LogP contribution in [0.25, 0.3) is 10.2 Å². The Hall–Kier alpha value is -3.20. The quantitative estimate of drug-likeness (QED) is 0.381. The third-order valence-corrected chi connectivity index (χ3v) is 4.23. The zero-order valence-corrected chi connectivity index (χ0v) is 13.2. The summed E-state index contributed by atoms with van der Waals surface area (Å²) in [6.45, 7) is 0.287. The average Bonchev–Trinajstić information content (AvgIpc) is 2.95. The maximum absolute atomic E-state index is 11.9. The number of benzene rings is 2. The lowest BCUT2D eigenvalue weighted by atomic mass is 10.2. The smallest absolute Gasteiger partial charge is 0.321 e. The van der Waals surface area contributed by atoms with Gasteiger partial charge in [-0.25, -0.2) is 9.78 Å². The Morgan fingerprint density at radius 3 is 2.83 bits per heavy atom. The molecule has 0 aliphatic heterocycles. The summed E-state index contributed by atoms with van der Waals surface area (Å²) in [6.07, 6.45) is 0. The molecule has 0 radical (unpaired) electrons. The van der Waals surface area contributed by atoms with Crippen LogP contribution in [0.2, 0.25) is 0 Å². The number of rotatable bonds is 4. The Labute approximate surface area is 140 Å². The van der Waals surface area contributed by atoms with Gasteiger partial charge in [0.05, 0.1) is 15.1 Å². The Morgan fingerprint density at radius 1 is 1.29 bits per heavy atom. The third-order valence-electron chi connectivity index (χ3n) is 3.30. The van der Waals surface area contributed by atoms with Crippen LogP contribution in [-0.2, 0) is 6.54 Å². The second-order valence-electron chi connectivity index (χ2n) is 4.93. The first kappa shape index (κ1) is 15.7. The average molecular weight is 343 g/mol. The number of anilines is 2. The first-order valence-corrected chi connectivity index (χ1v) is 7.78. The molecule has 0 bridgehead atoms. The summed E-state index contributed by atoms with van der Waals surface area (Å²) < 4.78 is 0.631. The largest absolute Gasteiger partial charge is 0.398 e. The van der Waals surface area contributed by atoms with Gasteiger partial charge in [0.15, 0.2) is 5.13 Å². The zero-order valence-electron chi connectivity index (χ0n) is 12.4. The van der Waals surface area contributed by atoms with Crippen molar-refractivity contribution in [1.29, 1.82) is 0 Å².